The van der Waals surface area contributed by atoms with E-state index in [1.54, 1.807) is 0 Å². The van der Waals surface area contributed by atoms with E-state index in [-0.39, 0.29) is 0 Å². The van der Waals surface area contributed by atoms with Crippen molar-refractivity contribution >= 4 is 11.0 Å². The van der Waals surface area contributed by atoms with Crippen molar-refractivity contribution in [2.24, 2.45) is 0 Å². The summed E-state index contributed by atoms with van der Waals surface area (Å²) in [6, 6.07) is 4.02. The lowest BCUT2D eigenvalue weighted by Crippen LogP contribution is -2.20. The molecular weight excluding hydrogens is 186 g/mol. The zero-order valence-corrected chi connectivity index (χ0v) is 9.33. The summed E-state index contributed by atoms with van der Waals surface area (Å²) in [5.41, 5.74) is 3.56. The molecule has 0 bridgehead atoms. The highest BCUT2D eigenvalue weighted by Gasteiger charge is 2.04. The highest BCUT2D eigenvalue weighted by Crippen LogP contribution is 2.15. The maximum Gasteiger partial charge on any atom is 0.0911 e. The number of aromatic nitrogens is 2. The zero-order valence-electron chi connectivity index (χ0n) is 9.33. The van der Waals surface area contributed by atoms with E-state index in [0.717, 1.165) is 30.5 Å². The number of H-pyrrole nitrogens is 1. The lowest BCUT2D eigenvalue weighted by atomic mass is 10.2. The van der Waals surface area contributed by atoms with E-state index in [0.29, 0.717) is 0 Å². The molecule has 2 aromatic rings. The Kier molecular flexibility index (Phi) is 3.02. The third-order valence-electron chi connectivity index (χ3n) is 2.82. The molecule has 3 nitrogen and oxygen atoms in total. The number of rotatable bonds is 4. The first-order valence-electron chi connectivity index (χ1n) is 5.40. The number of pyridine rings is 1. The second-order valence-corrected chi connectivity index (χ2v) is 3.86. The molecule has 3 heteroatoms. The van der Waals surface area contributed by atoms with E-state index in [1.807, 2.05) is 12.3 Å². The van der Waals surface area contributed by atoms with Crippen LogP contribution in [0.4, 0.5) is 0 Å². The van der Waals surface area contributed by atoms with Crippen molar-refractivity contribution in [3.8, 4) is 0 Å². The second kappa shape index (κ2) is 4.45. The molecule has 2 aromatic heterocycles. The number of hydrogen-bond donors (Lipinski definition) is 1. The van der Waals surface area contributed by atoms with Gasteiger partial charge in [0.2, 0.25) is 0 Å². The molecule has 0 aliphatic rings. The smallest absolute Gasteiger partial charge is 0.0911 e. The number of hydrogen-bond acceptors (Lipinski definition) is 2. The van der Waals surface area contributed by atoms with Gasteiger partial charge in [-0.2, -0.15) is 0 Å². The van der Waals surface area contributed by atoms with Crippen LogP contribution in [-0.4, -0.2) is 35.0 Å². The number of likely N-dealkylation sites (N-methyl/N-ethyl adjacent to an activating group) is 1. The van der Waals surface area contributed by atoms with Gasteiger partial charge >= 0.3 is 0 Å². The molecule has 80 valence electrons. The number of nitrogens with one attached hydrogen (secondary N) is 1. The third-order valence-corrected chi connectivity index (χ3v) is 2.82. The lowest BCUT2D eigenvalue weighted by Gasteiger charge is -2.12. The summed E-state index contributed by atoms with van der Waals surface area (Å²) in [5.74, 6) is 0. The van der Waals surface area contributed by atoms with E-state index < -0.39 is 0 Å². The summed E-state index contributed by atoms with van der Waals surface area (Å²) < 4.78 is 0. The second-order valence-electron chi connectivity index (χ2n) is 3.86. The third kappa shape index (κ3) is 2.18. The minimum atomic E-state index is 1.06. The molecule has 2 heterocycles. The van der Waals surface area contributed by atoms with Crippen LogP contribution in [-0.2, 0) is 6.42 Å². The van der Waals surface area contributed by atoms with Crippen molar-refractivity contribution in [1.82, 2.24) is 14.9 Å². The molecular formula is C12H17N3. The molecule has 0 aliphatic heterocycles. The SMILES string of the molecule is CCN(C)CCc1c[nH]c2cccnc12. The van der Waals surface area contributed by atoms with Gasteiger partial charge in [0.15, 0.2) is 0 Å². The molecule has 0 spiro atoms. The summed E-state index contributed by atoms with van der Waals surface area (Å²) in [5, 5.41) is 0. The molecule has 15 heavy (non-hydrogen) atoms. The maximum atomic E-state index is 4.40. The average molecular weight is 203 g/mol. The van der Waals surface area contributed by atoms with Crippen molar-refractivity contribution in [2.45, 2.75) is 13.3 Å². The van der Waals surface area contributed by atoms with Crippen LogP contribution in [0.3, 0.4) is 0 Å². The Morgan fingerprint density at radius 3 is 3.13 bits per heavy atom. The predicted octanol–water partition coefficient (Wildman–Crippen LogP) is 2.06. The summed E-state index contributed by atoms with van der Waals surface area (Å²) in [6.07, 6.45) is 4.98. The fraction of sp³-hybridized carbons (Fsp3) is 0.417. The minimum Gasteiger partial charge on any atom is -0.360 e. The Hall–Kier alpha value is -1.35. The molecule has 1 N–H and O–H groups in total. The maximum absolute atomic E-state index is 4.40. The summed E-state index contributed by atoms with van der Waals surface area (Å²) >= 11 is 0. The van der Waals surface area contributed by atoms with Gasteiger partial charge in [-0.3, -0.25) is 4.98 Å². The average Bonchev–Trinajstić information content (AvgIpc) is 2.69. The van der Waals surface area contributed by atoms with Gasteiger partial charge in [0.05, 0.1) is 11.0 Å². The first-order valence-corrected chi connectivity index (χ1v) is 5.40. The van der Waals surface area contributed by atoms with Crippen molar-refractivity contribution < 1.29 is 0 Å². The van der Waals surface area contributed by atoms with Gasteiger partial charge in [-0.15, -0.1) is 0 Å². The normalized spacial score (nSPS) is 11.4. The first kappa shape index (κ1) is 10.2. The standard InChI is InChI=1S/C12H17N3/c1-3-15(2)8-6-10-9-14-11-5-4-7-13-12(10)11/h4-5,7,9,14H,3,6,8H2,1-2H3. The largest absolute Gasteiger partial charge is 0.360 e. The molecule has 0 aliphatic carbocycles. The van der Waals surface area contributed by atoms with Crippen LogP contribution in [0, 0.1) is 0 Å². The molecule has 0 saturated carbocycles. The van der Waals surface area contributed by atoms with E-state index in [2.05, 4.69) is 41.1 Å². The van der Waals surface area contributed by atoms with Gasteiger partial charge in [-0.25, -0.2) is 0 Å². The molecule has 0 radical (unpaired) electrons. The Morgan fingerprint density at radius 1 is 1.47 bits per heavy atom. The van der Waals surface area contributed by atoms with Gasteiger partial charge in [-0.05, 0) is 37.7 Å². The Morgan fingerprint density at radius 2 is 2.33 bits per heavy atom. The fourth-order valence-corrected chi connectivity index (χ4v) is 1.67. The summed E-state index contributed by atoms with van der Waals surface area (Å²) in [7, 11) is 2.14. The minimum absolute atomic E-state index is 1.06. The Balaban J connectivity index is 2.14. The molecule has 0 fully saturated rings. The summed E-state index contributed by atoms with van der Waals surface area (Å²) in [4.78, 5) is 9.95. The Bertz CT molecular complexity index is 433. The predicted molar refractivity (Wildman–Crippen MR) is 63.0 cm³/mol. The van der Waals surface area contributed by atoms with Crippen LogP contribution in [0.25, 0.3) is 11.0 Å². The van der Waals surface area contributed by atoms with Crippen LogP contribution in [0.2, 0.25) is 0 Å². The van der Waals surface area contributed by atoms with Crippen molar-refractivity contribution in [3.05, 3.63) is 30.1 Å². The van der Waals surface area contributed by atoms with Gasteiger partial charge in [0.25, 0.3) is 0 Å². The highest BCUT2D eigenvalue weighted by molar-refractivity contribution is 5.78. The molecule has 0 unspecified atom stereocenters. The zero-order chi connectivity index (χ0) is 10.7. The van der Waals surface area contributed by atoms with Crippen LogP contribution < -0.4 is 0 Å². The Labute approximate surface area is 90.1 Å². The fourth-order valence-electron chi connectivity index (χ4n) is 1.67. The molecule has 0 aromatic carbocycles. The van der Waals surface area contributed by atoms with E-state index in [4.69, 9.17) is 0 Å². The highest BCUT2D eigenvalue weighted by atomic mass is 15.1. The van der Waals surface area contributed by atoms with Crippen LogP contribution in [0.5, 0.6) is 0 Å². The van der Waals surface area contributed by atoms with Crippen LogP contribution in [0.1, 0.15) is 12.5 Å². The number of aromatic amines is 1. The number of fused-ring (bicyclic) bond motifs is 1. The molecule has 0 atom stereocenters. The van der Waals surface area contributed by atoms with E-state index in [1.165, 1.54) is 5.56 Å². The van der Waals surface area contributed by atoms with Crippen molar-refractivity contribution in [2.75, 3.05) is 20.1 Å². The van der Waals surface area contributed by atoms with Gasteiger partial charge in [0.1, 0.15) is 0 Å². The first-order chi connectivity index (χ1) is 7.31. The van der Waals surface area contributed by atoms with E-state index in [9.17, 15) is 0 Å². The molecule has 0 saturated heterocycles. The van der Waals surface area contributed by atoms with Crippen molar-refractivity contribution in [3.63, 3.8) is 0 Å². The molecule has 2 rings (SSSR count). The monoisotopic (exact) mass is 203 g/mol. The van der Waals surface area contributed by atoms with Gasteiger partial charge in [0, 0.05) is 18.9 Å². The van der Waals surface area contributed by atoms with Gasteiger partial charge < -0.3 is 9.88 Å². The van der Waals surface area contributed by atoms with E-state index >= 15 is 0 Å². The van der Waals surface area contributed by atoms with Gasteiger partial charge in [-0.1, -0.05) is 6.92 Å². The quantitative estimate of drug-likeness (QED) is 0.824. The summed E-state index contributed by atoms with van der Waals surface area (Å²) in [6.45, 7) is 4.35. The topological polar surface area (TPSA) is 31.9 Å². The van der Waals surface area contributed by atoms with Crippen molar-refractivity contribution in [1.29, 1.82) is 0 Å². The van der Waals surface area contributed by atoms with Crippen LogP contribution in [0.15, 0.2) is 24.5 Å². The lowest BCUT2D eigenvalue weighted by molar-refractivity contribution is 0.358. The van der Waals surface area contributed by atoms with Crippen LogP contribution >= 0.6 is 0 Å². The molecule has 0 amide bonds. The number of nitrogens with zero attached hydrogens (tertiary/aromatic N) is 2.